The maximum atomic E-state index is 8.94. The lowest BCUT2D eigenvalue weighted by Gasteiger charge is -2.19. The molecular weight excluding hydrogens is 224 g/mol. The molecule has 0 aliphatic heterocycles. The lowest BCUT2D eigenvalue weighted by molar-refractivity contribution is 0.412. The molecule has 0 saturated carbocycles. The van der Waals surface area contributed by atoms with Gasteiger partial charge in [-0.05, 0) is 51.4 Å². The van der Waals surface area contributed by atoms with Crippen molar-refractivity contribution in [1.82, 2.24) is 5.32 Å². The number of hydrogen-bond acceptors (Lipinski definition) is 3. The molecule has 1 aromatic rings. The minimum Gasteiger partial charge on any atom is -0.497 e. The summed E-state index contributed by atoms with van der Waals surface area (Å²) in [5.74, 6) is 0.872. The lowest BCUT2D eigenvalue weighted by Crippen LogP contribution is -2.24. The molecular formula is C15H22N2O. The van der Waals surface area contributed by atoms with Crippen LogP contribution >= 0.6 is 0 Å². The Morgan fingerprint density at radius 1 is 1.33 bits per heavy atom. The first-order valence-corrected chi connectivity index (χ1v) is 6.27. The summed E-state index contributed by atoms with van der Waals surface area (Å²) in [6.07, 6.45) is 0.851. The van der Waals surface area contributed by atoms with Crippen molar-refractivity contribution >= 4 is 0 Å². The second-order valence-corrected chi connectivity index (χ2v) is 5.19. The van der Waals surface area contributed by atoms with Gasteiger partial charge in [-0.1, -0.05) is 12.1 Å². The third-order valence-electron chi connectivity index (χ3n) is 3.12. The van der Waals surface area contributed by atoms with Crippen LogP contribution in [0.1, 0.15) is 38.8 Å². The molecule has 98 valence electrons. The summed E-state index contributed by atoms with van der Waals surface area (Å²) < 4.78 is 5.13. The number of nitrogens with one attached hydrogen (secondary N) is 1. The monoisotopic (exact) mass is 246 g/mol. The molecule has 0 spiro atoms. The van der Waals surface area contributed by atoms with E-state index in [0.29, 0.717) is 0 Å². The molecule has 1 rings (SSSR count). The van der Waals surface area contributed by atoms with Gasteiger partial charge < -0.3 is 10.1 Å². The van der Waals surface area contributed by atoms with Crippen molar-refractivity contribution in [3.05, 3.63) is 29.8 Å². The smallest absolute Gasteiger partial charge is 0.118 e. The van der Waals surface area contributed by atoms with E-state index < -0.39 is 0 Å². The topological polar surface area (TPSA) is 45.0 Å². The third kappa shape index (κ3) is 4.38. The molecule has 0 aliphatic carbocycles. The number of hydrogen-bond donors (Lipinski definition) is 1. The van der Waals surface area contributed by atoms with Crippen molar-refractivity contribution in [2.45, 2.75) is 33.2 Å². The average Bonchev–Trinajstić information content (AvgIpc) is 2.38. The van der Waals surface area contributed by atoms with Crippen molar-refractivity contribution in [3.8, 4) is 11.8 Å². The van der Waals surface area contributed by atoms with E-state index in [1.54, 1.807) is 7.11 Å². The van der Waals surface area contributed by atoms with E-state index in [9.17, 15) is 0 Å². The van der Waals surface area contributed by atoms with Gasteiger partial charge in [0.2, 0.25) is 0 Å². The van der Waals surface area contributed by atoms with E-state index in [0.717, 1.165) is 18.7 Å². The molecule has 0 radical (unpaired) electrons. The molecule has 0 aliphatic rings. The van der Waals surface area contributed by atoms with Gasteiger partial charge in [0, 0.05) is 6.04 Å². The number of rotatable bonds is 6. The first-order chi connectivity index (χ1) is 8.48. The first-order valence-electron chi connectivity index (χ1n) is 6.27. The van der Waals surface area contributed by atoms with Crippen LogP contribution in [-0.4, -0.2) is 13.7 Å². The van der Waals surface area contributed by atoms with E-state index in [2.05, 4.69) is 30.4 Å². The molecule has 0 aromatic heterocycles. The van der Waals surface area contributed by atoms with Gasteiger partial charge in [-0.3, -0.25) is 0 Å². The fourth-order valence-corrected chi connectivity index (χ4v) is 1.67. The summed E-state index contributed by atoms with van der Waals surface area (Å²) in [4.78, 5) is 0. The van der Waals surface area contributed by atoms with Crippen LogP contribution in [-0.2, 0) is 0 Å². The van der Waals surface area contributed by atoms with E-state index in [1.165, 1.54) is 5.56 Å². The van der Waals surface area contributed by atoms with E-state index >= 15 is 0 Å². The summed E-state index contributed by atoms with van der Waals surface area (Å²) in [7, 11) is 1.67. The zero-order valence-electron chi connectivity index (χ0n) is 11.7. The van der Waals surface area contributed by atoms with Crippen LogP contribution in [0.25, 0.3) is 0 Å². The van der Waals surface area contributed by atoms with Crippen LogP contribution in [0.15, 0.2) is 24.3 Å². The largest absolute Gasteiger partial charge is 0.497 e. The highest BCUT2D eigenvalue weighted by Gasteiger charge is 2.16. The molecule has 1 aromatic carbocycles. The molecule has 3 nitrogen and oxygen atoms in total. The molecule has 0 amide bonds. The molecule has 0 fully saturated rings. The maximum absolute atomic E-state index is 8.94. The highest BCUT2D eigenvalue weighted by molar-refractivity contribution is 5.28. The Bertz CT molecular complexity index is 403. The SMILES string of the molecule is COc1ccc([C@@H](C)NCCC(C)(C)C#N)cc1. The van der Waals surface area contributed by atoms with Crippen LogP contribution in [0.4, 0.5) is 0 Å². The first kappa shape index (κ1) is 14.5. The predicted octanol–water partition coefficient (Wildman–Crippen LogP) is 3.29. The van der Waals surface area contributed by atoms with Crippen LogP contribution < -0.4 is 10.1 Å². The van der Waals surface area contributed by atoms with Gasteiger partial charge in [-0.2, -0.15) is 5.26 Å². The van der Waals surface area contributed by atoms with Crippen molar-refractivity contribution in [1.29, 1.82) is 5.26 Å². The van der Waals surface area contributed by atoms with Gasteiger partial charge >= 0.3 is 0 Å². The van der Waals surface area contributed by atoms with Crippen LogP contribution in [0.2, 0.25) is 0 Å². The molecule has 1 atom stereocenters. The summed E-state index contributed by atoms with van der Waals surface area (Å²) in [6, 6.07) is 10.6. The Labute approximate surface area is 110 Å². The summed E-state index contributed by atoms with van der Waals surface area (Å²) in [5, 5.41) is 12.4. The minimum atomic E-state index is -0.257. The van der Waals surface area contributed by atoms with Crippen LogP contribution in [0.5, 0.6) is 5.75 Å². The molecule has 1 N–H and O–H groups in total. The molecule has 0 heterocycles. The van der Waals surface area contributed by atoms with Gasteiger partial charge in [-0.25, -0.2) is 0 Å². The van der Waals surface area contributed by atoms with Crippen molar-refractivity contribution in [2.24, 2.45) is 5.41 Å². The third-order valence-corrected chi connectivity index (χ3v) is 3.12. The number of nitrogens with zero attached hydrogens (tertiary/aromatic N) is 1. The van der Waals surface area contributed by atoms with Gasteiger partial charge in [0.15, 0.2) is 0 Å². The fraction of sp³-hybridized carbons (Fsp3) is 0.533. The number of ether oxygens (including phenoxy) is 1. The molecule has 0 saturated heterocycles. The Balaban J connectivity index is 2.45. The Morgan fingerprint density at radius 3 is 2.44 bits per heavy atom. The van der Waals surface area contributed by atoms with Crippen LogP contribution in [0.3, 0.4) is 0 Å². The number of nitriles is 1. The fourth-order valence-electron chi connectivity index (χ4n) is 1.67. The van der Waals surface area contributed by atoms with Crippen molar-refractivity contribution in [3.63, 3.8) is 0 Å². The van der Waals surface area contributed by atoms with Crippen molar-refractivity contribution < 1.29 is 4.74 Å². The summed E-state index contributed by atoms with van der Waals surface area (Å²) >= 11 is 0. The van der Waals surface area contributed by atoms with Crippen molar-refractivity contribution in [2.75, 3.05) is 13.7 Å². The maximum Gasteiger partial charge on any atom is 0.118 e. The van der Waals surface area contributed by atoms with E-state index in [4.69, 9.17) is 10.00 Å². The van der Waals surface area contributed by atoms with Crippen LogP contribution in [0, 0.1) is 16.7 Å². The lowest BCUT2D eigenvalue weighted by atomic mass is 9.91. The van der Waals surface area contributed by atoms with Gasteiger partial charge in [0.1, 0.15) is 5.75 Å². The van der Waals surface area contributed by atoms with Gasteiger partial charge in [-0.15, -0.1) is 0 Å². The Morgan fingerprint density at radius 2 is 1.94 bits per heavy atom. The highest BCUT2D eigenvalue weighted by Crippen LogP contribution is 2.20. The van der Waals surface area contributed by atoms with E-state index in [-0.39, 0.29) is 11.5 Å². The summed E-state index contributed by atoms with van der Waals surface area (Å²) in [5.41, 5.74) is 0.970. The van der Waals surface area contributed by atoms with Gasteiger partial charge in [0.25, 0.3) is 0 Å². The second-order valence-electron chi connectivity index (χ2n) is 5.19. The number of methoxy groups -OCH3 is 1. The number of benzene rings is 1. The minimum absolute atomic E-state index is 0.257. The Kier molecular flexibility index (Phi) is 5.18. The Hall–Kier alpha value is -1.53. The standard InChI is InChI=1S/C15H22N2O/c1-12(17-10-9-15(2,3)11-16)13-5-7-14(18-4)8-6-13/h5-8,12,17H,9-10H2,1-4H3/t12-/m1/s1. The second kappa shape index (κ2) is 6.42. The predicted molar refractivity (Wildman–Crippen MR) is 73.4 cm³/mol. The quantitative estimate of drug-likeness (QED) is 0.837. The zero-order chi connectivity index (χ0) is 13.6. The summed E-state index contributed by atoms with van der Waals surface area (Å²) in [6.45, 7) is 6.90. The normalized spacial score (nSPS) is 12.8. The zero-order valence-corrected chi connectivity index (χ0v) is 11.7. The van der Waals surface area contributed by atoms with Gasteiger partial charge in [0.05, 0.1) is 18.6 Å². The highest BCUT2D eigenvalue weighted by atomic mass is 16.5. The molecule has 18 heavy (non-hydrogen) atoms. The molecule has 0 unspecified atom stereocenters. The molecule has 0 bridgehead atoms. The van der Waals surface area contributed by atoms with E-state index in [1.807, 2.05) is 26.0 Å². The average molecular weight is 246 g/mol. The molecule has 3 heteroatoms.